The van der Waals surface area contributed by atoms with Crippen molar-refractivity contribution in [3.8, 4) is 11.5 Å². The van der Waals surface area contributed by atoms with Crippen molar-refractivity contribution in [2.24, 2.45) is 5.92 Å². The first-order valence-electron chi connectivity index (χ1n) is 11.5. The summed E-state index contributed by atoms with van der Waals surface area (Å²) in [5.74, 6) is -4.23. The monoisotopic (exact) mass is 514 g/mol. The molecule has 1 N–H and O–H groups in total. The maximum atomic E-state index is 16.9. The number of carbonyl (C=O) groups excluding carboxylic acids is 1. The fraction of sp³-hybridized carbons (Fsp3) is 0.286. The van der Waals surface area contributed by atoms with E-state index in [9.17, 15) is 19.1 Å². The molecule has 2 unspecified atom stereocenters. The Morgan fingerprint density at radius 3 is 2.33 bits per heavy atom. The largest absolute Gasteiger partial charge is 0.479 e. The maximum absolute atomic E-state index is 16.9. The quantitative estimate of drug-likeness (QED) is 0.304. The van der Waals surface area contributed by atoms with Gasteiger partial charge in [0.25, 0.3) is 5.67 Å². The van der Waals surface area contributed by atoms with Gasteiger partial charge in [-0.2, -0.15) is 0 Å². The molecule has 4 rings (SSSR count). The standard InChI is InChI=1S/C28H25ClF2O5/c1-17(32)35-25(16-18-7-14-23(30)24(15-18)36-22-5-3-2-4-6-22)28(31,27(33)34)26(19-8-9-19)20-10-12-21(29)13-11-20/h2-7,10-15,19,25-26H,8-9,16H2,1H3,(H,33,34)/t25?,26-,28?/m0/s1. The van der Waals surface area contributed by atoms with Gasteiger partial charge in [0, 0.05) is 24.3 Å². The summed E-state index contributed by atoms with van der Waals surface area (Å²) in [6, 6.07) is 18.8. The van der Waals surface area contributed by atoms with Gasteiger partial charge in [0.05, 0.1) is 0 Å². The van der Waals surface area contributed by atoms with Crippen molar-refractivity contribution in [1.29, 1.82) is 0 Å². The van der Waals surface area contributed by atoms with Gasteiger partial charge in [0.2, 0.25) is 0 Å². The molecule has 36 heavy (non-hydrogen) atoms. The van der Waals surface area contributed by atoms with Crippen LogP contribution in [0.5, 0.6) is 11.5 Å². The van der Waals surface area contributed by atoms with Crippen LogP contribution in [0.15, 0.2) is 72.8 Å². The van der Waals surface area contributed by atoms with Crippen LogP contribution >= 0.6 is 11.6 Å². The SMILES string of the molecule is CC(=O)OC(Cc1ccc(F)c(Oc2ccccc2)c1)C(F)(C(=O)O)[C@H](c1ccc(Cl)cc1)C1CC1. The van der Waals surface area contributed by atoms with Crippen molar-refractivity contribution < 1.29 is 33.0 Å². The van der Waals surface area contributed by atoms with Crippen LogP contribution in [-0.2, 0) is 20.7 Å². The van der Waals surface area contributed by atoms with Gasteiger partial charge in [0.1, 0.15) is 5.75 Å². The van der Waals surface area contributed by atoms with Gasteiger partial charge >= 0.3 is 11.9 Å². The Hall–Kier alpha value is -3.45. The van der Waals surface area contributed by atoms with Gasteiger partial charge in [-0.05, 0) is 66.3 Å². The number of para-hydroxylation sites is 1. The van der Waals surface area contributed by atoms with E-state index in [4.69, 9.17) is 21.1 Å². The molecule has 0 heterocycles. The Balaban J connectivity index is 1.71. The van der Waals surface area contributed by atoms with Gasteiger partial charge < -0.3 is 14.6 Å². The zero-order chi connectivity index (χ0) is 25.9. The molecule has 0 aromatic heterocycles. The van der Waals surface area contributed by atoms with Crippen molar-refractivity contribution >= 4 is 23.5 Å². The second kappa shape index (κ2) is 10.7. The van der Waals surface area contributed by atoms with Crippen molar-refractivity contribution in [3.05, 3.63) is 94.8 Å². The third-order valence-electron chi connectivity index (χ3n) is 6.27. The number of benzene rings is 3. The minimum Gasteiger partial charge on any atom is -0.479 e. The molecule has 3 aromatic carbocycles. The Morgan fingerprint density at radius 1 is 1.08 bits per heavy atom. The van der Waals surface area contributed by atoms with Gasteiger partial charge in [-0.25, -0.2) is 13.6 Å². The first kappa shape index (κ1) is 25.6. The number of hydrogen-bond donors (Lipinski definition) is 1. The average molecular weight is 515 g/mol. The van der Waals surface area contributed by atoms with Crippen LogP contribution in [-0.4, -0.2) is 28.8 Å². The molecule has 1 fully saturated rings. The van der Waals surface area contributed by atoms with Crippen molar-refractivity contribution in [3.63, 3.8) is 0 Å². The number of alkyl halides is 1. The smallest absolute Gasteiger partial charge is 0.346 e. The number of rotatable bonds is 10. The normalized spacial score (nSPS) is 16.4. The predicted octanol–water partition coefficient (Wildman–Crippen LogP) is 6.73. The van der Waals surface area contributed by atoms with Crippen LogP contribution < -0.4 is 4.74 Å². The lowest BCUT2D eigenvalue weighted by Crippen LogP contribution is -2.53. The molecule has 1 aliphatic carbocycles. The van der Waals surface area contributed by atoms with E-state index in [1.54, 1.807) is 54.6 Å². The highest BCUT2D eigenvalue weighted by molar-refractivity contribution is 6.30. The summed E-state index contributed by atoms with van der Waals surface area (Å²) in [6.45, 7) is 1.10. The molecule has 3 atom stereocenters. The minimum atomic E-state index is -2.95. The summed E-state index contributed by atoms with van der Waals surface area (Å²) in [5.41, 5.74) is -2.14. The average Bonchev–Trinajstić information content (AvgIpc) is 3.67. The van der Waals surface area contributed by atoms with Crippen LogP contribution in [0.4, 0.5) is 8.78 Å². The topological polar surface area (TPSA) is 72.8 Å². The van der Waals surface area contributed by atoms with Gasteiger partial charge in [0.15, 0.2) is 17.7 Å². The Morgan fingerprint density at radius 2 is 1.75 bits per heavy atom. The van der Waals surface area contributed by atoms with Crippen LogP contribution in [0, 0.1) is 11.7 Å². The Kier molecular flexibility index (Phi) is 7.59. The van der Waals surface area contributed by atoms with Crippen molar-refractivity contribution in [1.82, 2.24) is 0 Å². The first-order chi connectivity index (χ1) is 17.2. The highest BCUT2D eigenvalue weighted by Gasteiger charge is 2.59. The van der Waals surface area contributed by atoms with Gasteiger partial charge in [-0.3, -0.25) is 4.79 Å². The fourth-order valence-electron chi connectivity index (χ4n) is 4.49. The third-order valence-corrected chi connectivity index (χ3v) is 6.52. The molecule has 8 heteroatoms. The van der Waals surface area contributed by atoms with Crippen LogP contribution in [0.25, 0.3) is 0 Å². The van der Waals surface area contributed by atoms with Crippen LogP contribution in [0.3, 0.4) is 0 Å². The summed E-state index contributed by atoms with van der Waals surface area (Å²) in [7, 11) is 0. The van der Waals surface area contributed by atoms with Crippen molar-refractivity contribution in [2.75, 3.05) is 0 Å². The molecule has 0 saturated heterocycles. The molecular formula is C28H25ClF2O5. The summed E-state index contributed by atoms with van der Waals surface area (Å²) < 4.78 is 42.3. The van der Waals surface area contributed by atoms with E-state index in [2.05, 4.69) is 0 Å². The minimum absolute atomic E-state index is 0.114. The summed E-state index contributed by atoms with van der Waals surface area (Å²) >= 11 is 5.99. The first-order valence-corrected chi connectivity index (χ1v) is 11.9. The van der Waals surface area contributed by atoms with E-state index in [0.29, 0.717) is 34.7 Å². The number of carboxylic acid groups (broad SMARTS) is 1. The number of carbonyl (C=O) groups is 2. The zero-order valence-corrected chi connectivity index (χ0v) is 20.3. The summed E-state index contributed by atoms with van der Waals surface area (Å²) in [6.07, 6.45) is -0.691. The Bertz CT molecular complexity index is 1230. The molecule has 0 amide bonds. The second-order valence-electron chi connectivity index (χ2n) is 8.92. The lowest BCUT2D eigenvalue weighted by Gasteiger charge is -2.36. The molecule has 0 spiro atoms. The summed E-state index contributed by atoms with van der Waals surface area (Å²) in [5, 5.41) is 10.6. The number of carboxylic acids is 1. The van der Waals surface area contributed by atoms with Gasteiger partial charge in [-0.1, -0.05) is 48.0 Å². The number of esters is 1. The predicted molar refractivity (Wildman–Crippen MR) is 131 cm³/mol. The number of hydrogen-bond acceptors (Lipinski definition) is 4. The lowest BCUT2D eigenvalue weighted by molar-refractivity contribution is -0.174. The molecular weight excluding hydrogens is 490 g/mol. The van der Waals surface area contributed by atoms with Crippen molar-refractivity contribution in [2.45, 2.75) is 43.9 Å². The van der Waals surface area contributed by atoms with E-state index in [0.717, 1.165) is 13.0 Å². The molecule has 0 aliphatic heterocycles. The molecule has 1 saturated carbocycles. The lowest BCUT2D eigenvalue weighted by atomic mass is 9.75. The Labute approximate surface area is 212 Å². The highest BCUT2D eigenvalue weighted by atomic mass is 35.5. The zero-order valence-electron chi connectivity index (χ0n) is 19.5. The molecule has 5 nitrogen and oxygen atoms in total. The van der Waals surface area contributed by atoms with Crippen LogP contribution in [0.2, 0.25) is 5.02 Å². The van der Waals surface area contributed by atoms with Crippen LogP contribution in [0.1, 0.15) is 36.8 Å². The third kappa shape index (κ3) is 5.68. The number of aliphatic carboxylic acids is 1. The highest BCUT2D eigenvalue weighted by Crippen LogP contribution is 2.52. The summed E-state index contributed by atoms with van der Waals surface area (Å²) in [4.78, 5) is 24.5. The van der Waals surface area contributed by atoms with Gasteiger partial charge in [-0.15, -0.1) is 0 Å². The molecule has 188 valence electrons. The van der Waals surface area contributed by atoms with E-state index in [1.165, 1.54) is 12.1 Å². The molecule has 0 bridgehead atoms. The number of ether oxygens (including phenoxy) is 2. The molecule has 3 aromatic rings. The second-order valence-corrected chi connectivity index (χ2v) is 9.36. The van der Waals surface area contributed by atoms with E-state index >= 15 is 4.39 Å². The fourth-order valence-corrected chi connectivity index (χ4v) is 4.61. The maximum Gasteiger partial charge on any atom is 0.346 e. The molecule has 1 aliphatic rings. The molecule has 0 radical (unpaired) electrons. The van der Waals surface area contributed by atoms with E-state index in [-0.39, 0.29) is 18.1 Å². The number of halogens is 3. The van der Waals surface area contributed by atoms with E-state index in [1.807, 2.05) is 0 Å². The van der Waals surface area contributed by atoms with E-state index < -0.39 is 35.4 Å².